The number of fused-ring (bicyclic) bond motifs is 1. The van der Waals surface area contributed by atoms with E-state index in [0.717, 1.165) is 12.1 Å². The zero-order valence-corrected chi connectivity index (χ0v) is 24.4. The van der Waals surface area contributed by atoms with Crippen LogP contribution in [0.1, 0.15) is 0 Å². The fourth-order valence-corrected chi connectivity index (χ4v) is 5.28. The SMILES string of the molecule is COc1cc(-c2cc(=O)c3c(O)cc(O[C@@H]4O[C@H](CO)[C@@H](O[C@@H]5O[C@H](CO)[C@H](O)[C@H](O)[C@H]5O)[C@H](O)[C@H]4O)cc3o2)cc(OC)c1O. The van der Waals surface area contributed by atoms with E-state index < -0.39 is 85.8 Å². The molecular weight excluding hydrogens is 620 g/mol. The van der Waals surface area contributed by atoms with Gasteiger partial charge >= 0.3 is 0 Å². The van der Waals surface area contributed by atoms with Crippen LogP contribution in [0.15, 0.2) is 39.5 Å². The highest BCUT2D eigenvalue weighted by molar-refractivity contribution is 5.86. The molecule has 3 heterocycles. The van der Waals surface area contributed by atoms with Crippen LogP contribution in [0.3, 0.4) is 0 Å². The number of hydrogen-bond acceptors (Lipinski definition) is 17. The summed E-state index contributed by atoms with van der Waals surface area (Å²) < 4.78 is 38.3. The van der Waals surface area contributed by atoms with Gasteiger partial charge in [0, 0.05) is 23.8 Å². The number of aliphatic hydroxyl groups is 7. The molecule has 17 heteroatoms. The Balaban J connectivity index is 1.40. The first-order chi connectivity index (χ1) is 21.9. The van der Waals surface area contributed by atoms with E-state index in [-0.39, 0.29) is 45.3 Å². The third-order valence-electron chi connectivity index (χ3n) is 7.76. The van der Waals surface area contributed by atoms with Crippen molar-refractivity contribution in [1.82, 2.24) is 0 Å². The summed E-state index contributed by atoms with van der Waals surface area (Å²) in [4.78, 5) is 13.0. The molecule has 0 unspecified atom stereocenters. The first-order valence-electron chi connectivity index (χ1n) is 13.9. The topological polar surface area (TPSA) is 268 Å². The first-order valence-corrected chi connectivity index (χ1v) is 13.9. The van der Waals surface area contributed by atoms with E-state index in [4.69, 9.17) is 32.8 Å². The average molecular weight is 655 g/mol. The minimum absolute atomic E-state index is 0.00329. The maximum absolute atomic E-state index is 13.0. The van der Waals surface area contributed by atoms with E-state index in [1.807, 2.05) is 0 Å². The molecule has 9 N–H and O–H groups in total. The fraction of sp³-hybridized carbons (Fsp3) is 0.483. The van der Waals surface area contributed by atoms with Crippen molar-refractivity contribution in [1.29, 1.82) is 0 Å². The maximum atomic E-state index is 13.0. The van der Waals surface area contributed by atoms with Crippen LogP contribution in [0.4, 0.5) is 0 Å². The molecule has 46 heavy (non-hydrogen) atoms. The lowest BCUT2D eigenvalue weighted by Gasteiger charge is -2.45. The fourth-order valence-electron chi connectivity index (χ4n) is 5.28. The van der Waals surface area contributed by atoms with Gasteiger partial charge in [0.2, 0.25) is 12.0 Å². The van der Waals surface area contributed by atoms with Crippen LogP contribution in [-0.2, 0) is 14.2 Å². The van der Waals surface area contributed by atoms with Gasteiger partial charge in [-0.2, -0.15) is 0 Å². The molecule has 5 rings (SSSR count). The largest absolute Gasteiger partial charge is 0.507 e. The van der Waals surface area contributed by atoms with E-state index in [2.05, 4.69) is 0 Å². The van der Waals surface area contributed by atoms with Gasteiger partial charge in [0.05, 0.1) is 27.4 Å². The van der Waals surface area contributed by atoms with Gasteiger partial charge in [-0.05, 0) is 12.1 Å². The molecule has 2 aliphatic rings. The van der Waals surface area contributed by atoms with E-state index in [1.165, 1.54) is 32.4 Å². The Labute approximate surface area is 259 Å². The normalized spacial score (nSPS) is 31.5. The molecule has 0 spiro atoms. The first kappa shape index (κ1) is 33.6. The lowest BCUT2D eigenvalue weighted by Crippen LogP contribution is -2.65. The van der Waals surface area contributed by atoms with Crippen molar-refractivity contribution in [3.8, 4) is 40.1 Å². The van der Waals surface area contributed by atoms with Gasteiger partial charge in [-0.3, -0.25) is 4.79 Å². The monoisotopic (exact) mass is 654 g/mol. The highest BCUT2D eigenvalue weighted by Gasteiger charge is 2.51. The molecule has 252 valence electrons. The zero-order chi connectivity index (χ0) is 33.4. The zero-order valence-electron chi connectivity index (χ0n) is 24.4. The maximum Gasteiger partial charge on any atom is 0.229 e. The van der Waals surface area contributed by atoms with E-state index >= 15 is 0 Å². The quantitative estimate of drug-likeness (QED) is 0.119. The Morgan fingerprint density at radius 2 is 1.35 bits per heavy atom. The third kappa shape index (κ3) is 6.17. The number of rotatable bonds is 9. The van der Waals surface area contributed by atoms with Crippen LogP contribution < -0.4 is 19.6 Å². The van der Waals surface area contributed by atoms with Crippen LogP contribution in [0, 0.1) is 0 Å². The second-order valence-electron chi connectivity index (χ2n) is 10.6. The number of ether oxygens (including phenoxy) is 6. The lowest BCUT2D eigenvalue weighted by molar-refractivity contribution is -0.352. The molecule has 0 radical (unpaired) electrons. The number of phenolic OH excluding ortho intramolecular Hbond substituents is 2. The van der Waals surface area contributed by atoms with Crippen molar-refractivity contribution in [3.63, 3.8) is 0 Å². The van der Waals surface area contributed by atoms with Crippen LogP contribution in [-0.4, -0.2) is 135 Å². The molecule has 2 fully saturated rings. The average Bonchev–Trinajstić information content (AvgIpc) is 3.04. The van der Waals surface area contributed by atoms with Crippen LogP contribution in [0.2, 0.25) is 0 Å². The predicted molar refractivity (Wildman–Crippen MR) is 151 cm³/mol. The van der Waals surface area contributed by atoms with Gasteiger partial charge in [-0.15, -0.1) is 0 Å². The van der Waals surface area contributed by atoms with Gasteiger partial charge in [0.15, 0.2) is 23.2 Å². The summed E-state index contributed by atoms with van der Waals surface area (Å²) in [5, 5.41) is 92.1. The van der Waals surface area contributed by atoms with E-state index in [0.29, 0.717) is 0 Å². The smallest absolute Gasteiger partial charge is 0.229 e. The summed E-state index contributed by atoms with van der Waals surface area (Å²) in [6.07, 6.45) is -16.7. The van der Waals surface area contributed by atoms with Crippen molar-refractivity contribution in [3.05, 3.63) is 40.6 Å². The van der Waals surface area contributed by atoms with E-state index in [1.54, 1.807) is 0 Å². The van der Waals surface area contributed by atoms with Crippen molar-refractivity contribution in [2.45, 2.75) is 61.4 Å². The molecule has 1 aromatic heterocycles. The molecule has 2 saturated heterocycles. The molecule has 3 aromatic rings. The Kier molecular flexibility index (Phi) is 9.89. The van der Waals surface area contributed by atoms with Gasteiger partial charge in [0.25, 0.3) is 0 Å². The van der Waals surface area contributed by atoms with E-state index in [9.17, 15) is 50.8 Å². The number of phenols is 2. The highest BCUT2D eigenvalue weighted by Crippen LogP contribution is 2.41. The van der Waals surface area contributed by atoms with Crippen LogP contribution >= 0.6 is 0 Å². The van der Waals surface area contributed by atoms with Crippen LogP contribution in [0.25, 0.3) is 22.3 Å². The Morgan fingerprint density at radius 1 is 0.739 bits per heavy atom. The Bertz CT molecular complexity index is 1560. The Hall–Kier alpha value is -3.75. The number of hydrogen-bond donors (Lipinski definition) is 9. The second-order valence-corrected chi connectivity index (χ2v) is 10.6. The number of aliphatic hydroxyl groups excluding tert-OH is 7. The number of methoxy groups -OCH3 is 2. The molecule has 10 atom stereocenters. The molecule has 0 bridgehead atoms. The second kappa shape index (κ2) is 13.5. The van der Waals surface area contributed by atoms with Crippen molar-refractivity contribution in [2.75, 3.05) is 27.4 Å². The van der Waals surface area contributed by atoms with Gasteiger partial charge in [0.1, 0.15) is 77.1 Å². The number of benzene rings is 2. The molecule has 2 aliphatic heterocycles. The molecule has 17 nitrogen and oxygen atoms in total. The van der Waals surface area contributed by atoms with Gasteiger partial charge in [-0.25, -0.2) is 0 Å². The van der Waals surface area contributed by atoms with Crippen molar-refractivity contribution >= 4 is 11.0 Å². The third-order valence-corrected chi connectivity index (χ3v) is 7.76. The van der Waals surface area contributed by atoms with Gasteiger partial charge in [-0.1, -0.05) is 0 Å². The summed E-state index contributed by atoms with van der Waals surface area (Å²) in [5.41, 5.74) is -0.511. The minimum Gasteiger partial charge on any atom is -0.507 e. The molecule has 2 aromatic carbocycles. The summed E-state index contributed by atoms with van der Waals surface area (Å²) in [6, 6.07) is 6.15. The summed E-state index contributed by atoms with van der Waals surface area (Å²) in [5.74, 6) is -0.948. The Morgan fingerprint density at radius 3 is 1.96 bits per heavy atom. The molecule has 0 aliphatic carbocycles. The summed E-state index contributed by atoms with van der Waals surface area (Å²) >= 11 is 0. The minimum atomic E-state index is -1.87. The summed E-state index contributed by atoms with van der Waals surface area (Å²) in [6.45, 7) is -1.54. The lowest BCUT2D eigenvalue weighted by atomic mass is 9.97. The summed E-state index contributed by atoms with van der Waals surface area (Å²) in [7, 11) is 2.64. The molecule has 0 saturated carbocycles. The predicted octanol–water partition coefficient (Wildman–Crippen LogP) is -2.11. The number of aromatic hydroxyl groups is 2. The van der Waals surface area contributed by atoms with Gasteiger partial charge < -0.3 is 78.8 Å². The molecule has 0 amide bonds. The van der Waals surface area contributed by atoms with Crippen LogP contribution in [0.5, 0.6) is 28.7 Å². The molecular formula is C29H34O17. The van der Waals surface area contributed by atoms with Crippen molar-refractivity contribution in [2.24, 2.45) is 0 Å². The highest BCUT2D eigenvalue weighted by atomic mass is 16.7. The standard InChI is InChI=1S/C29H34O17/c1-40-16-3-10(4-17(41-2)21(16)34)14-7-13(33)20-12(32)5-11(6-15(20)43-14)42-28-26(39)24(37)27(19(9-31)45-28)46-29-25(38)23(36)22(35)18(8-30)44-29/h3-7,18-19,22-32,34-39H,8-9H2,1-2H3/t18-,19-,22+,23+,24-,25-,26-,27-,28-,29+/m1/s1. The van der Waals surface area contributed by atoms with Crippen molar-refractivity contribution < 1.29 is 78.8 Å².